The van der Waals surface area contributed by atoms with E-state index in [1.807, 2.05) is 11.8 Å². The molecule has 1 saturated heterocycles. The Morgan fingerprint density at radius 1 is 1.24 bits per heavy atom. The molecular weight excluding hydrogens is 387 g/mol. The van der Waals surface area contributed by atoms with Crippen LogP contribution in [-0.4, -0.2) is 52.2 Å². The van der Waals surface area contributed by atoms with Gasteiger partial charge in [-0.2, -0.15) is 18.3 Å². The van der Waals surface area contributed by atoms with E-state index in [1.165, 1.54) is 23.1 Å². The second kappa shape index (κ2) is 7.23. The summed E-state index contributed by atoms with van der Waals surface area (Å²) < 4.78 is 39.5. The van der Waals surface area contributed by atoms with Gasteiger partial charge in [0.05, 0.1) is 23.3 Å². The molecule has 1 aromatic rings. The van der Waals surface area contributed by atoms with Crippen molar-refractivity contribution in [2.75, 3.05) is 11.9 Å². The Bertz CT molecular complexity index is 856. The molecule has 10 heteroatoms. The van der Waals surface area contributed by atoms with Crippen molar-refractivity contribution >= 4 is 23.3 Å². The lowest BCUT2D eigenvalue weighted by atomic mass is 9.85. The van der Waals surface area contributed by atoms with E-state index in [0.29, 0.717) is 0 Å². The molecule has 156 valence electrons. The van der Waals surface area contributed by atoms with Gasteiger partial charge in [-0.3, -0.25) is 15.0 Å². The van der Waals surface area contributed by atoms with Gasteiger partial charge in [0.1, 0.15) is 12.4 Å². The van der Waals surface area contributed by atoms with Gasteiger partial charge < -0.3 is 15.1 Å². The van der Waals surface area contributed by atoms with Crippen molar-refractivity contribution in [2.24, 2.45) is 5.10 Å². The summed E-state index contributed by atoms with van der Waals surface area (Å²) in [6.45, 7) is 1.54. The van der Waals surface area contributed by atoms with Gasteiger partial charge in [-0.25, -0.2) is 0 Å². The number of benzene rings is 1. The van der Waals surface area contributed by atoms with Gasteiger partial charge in [-0.05, 0) is 31.9 Å². The van der Waals surface area contributed by atoms with Crippen LogP contribution in [0.3, 0.4) is 0 Å². The summed E-state index contributed by atoms with van der Waals surface area (Å²) in [5, 5.41) is 6.50. The molecule has 2 heterocycles. The van der Waals surface area contributed by atoms with Crippen molar-refractivity contribution in [1.29, 1.82) is 0 Å². The number of fused-ring (bicyclic) bond motifs is 3. The Morgan fingerprint density at radius 3 is 2.66 bits per heavy atom. The van der Waals surface area contributed by atoms with Crippen molar-refractivity contribution in [3.63, 3.8) is 0 Å². The first kappa shape index (κ1) is 19.5. The molecule has 0 bridgehead atoms. The van der Waals surface area contributed by atoms with Crippen molar-refractivity contribution in [3.8, 4) is 0 Å². The van der Waals surface area contributed by atoms with E-state index in [-0.39, 0.29) is 30.2 Å². The average Bonchev–Trinajstić information content (AvgIpc) is 3.07. The molecule has 0 radical (unpaired) electrons. The Kier molecular flexibility index (Phi) is 4.87. The fourth-order valence-electron chi connectivity index (χ4n) is 4.55. The normalized spacial score (nSPS) is 26.4. The maximum Gasteiger partial charge on any atom is 0.418 e. The molecule has 2 aliphatic heterocycles. The summed E-state index contributed by atoms with van der Waals surface area (Å²) >= 11 is 0. The van der Waals surface area contributed by atoms with Crippen molar-refractivity contribution in [1.82, 2.24) is 15.2 Å². The lowest BCUT2D eigenvalue weighted by molar-refractivity contribution is -0.151. The van der Waals surface area contributed by atoms with E-state index >= 15 is 0 Å². The number of hydrogen-bond donors (Lipinski definition) is 2. The highest BCUT2D eigenvalue weighted by Crippen LogP contribution is 2.36. The average molecular weight is 409 g/mol. The summed E-state index contributed by atoms with van der Waals surface area (Å²) in [6, 6.07) is 4.69. The lowest BCUT2D eigenvalue weighted by Crippen LogP contribution is -2.69. The van der Waals surface area contributed by atoms with Gasteiger partial charge in [-0.15, -0.1) is 0 Å². The lowest BCUT2D eigenvalue weighted by Gasteiger charge is -2.50. The fraction of sp³-hybridized carbons (Fsp3) is 0.526. The predicted octanol–water partition coefficient (Wildman–Crippen LogP) is 2.36. The zero-order chi connectivity index (χ0) is 20.8. The SMILES string of the molecule is CC1=NNC2C(=O)N(CC(=O)Nc3ccccc3C(F)(F)F)C3CCCCC3N12. The highest BCUT2D eigenvalue weighted by molar-refractivity contribution is 5.98. The number of rotatable bonds is 3. The van der Waals surface area contributed by atoms with Crippen LogP contribution in [0.5, 0.6) is 0 Å². The Balaban J connectivity index is 1.53. The van der Waals surface area contributed by atoms with Crippen LogP contribution in [0, 0.1) is 0 Å². The number of amidine groups is 1. The predicted molar refractivity (Wildman–Crippen MR) is 99.7 cm³/mol. The number of nitrogens with zero attached hydrogens (tertiary/aromatic N) is 3. The number of hydrogen-bond acceptors (Lipinski definition) is 5. The minimum atomic E-state index is -4.58. The number of halogens is 3. The number of amides is 2. The number of carbonyl (C=O) groups excluding carboxylic acids is 2. The largest absolute Gasteiger partial charge is 0.418 e. The molecule has 7 nitrogen and oxygen atoms in total. The third kappa shape index (κ3) is 3.51. The summed E-state index contributed by atoms with van der Waals surface area (Å²) in [4.78, 5) is 29.1. The molecule has 0 spiro atoms. The number of piperazine rings is 1. The summed E-state index contributed by atoms with van der Waals surface area (Å²) in [5.41, 5.74) is 1.59. The number of nitrogens with one attached hydrogen (secondary N) is 2. The molecular formula is C19H22F3N5O2. The molecule has 2 N–H and O–H groups in total. The third-order valence-electron chi connectivity index (χ3n) is 5.79. The van der Waals surface area contributed by atoms with Crippen LogP contribution >= 0.6 is 0 Å². The molecule has 3 unspecified atom stereocenters. The first-order valence-electron chi connectivity index (χ1n) is 9.62. The Hall–Kier alpha value is -2.78. The quantitative estimate of drug-likeness (QED) is 0.804. The molecule has 1 saturated carbocycles. The number of hydrazone groups is 1. The van der Waals surface area contributed by atoms with Gasteiger partial charge in [-0.1, -0.05) is 25.0 Å². The maximum atomic E-state index is 13.2. The maximum absolute atomic E-state index is 13.2. The third-order valence-corrected chi connectivity index (χ3v) is 5.79. The molecule has 3 atom stereocenters. The summed E-state index contributed by atoms with van der Waals surface area (Å²) in [6.07, 6.45) is -1.67. The number of carbonyl (C=O) groups is 2. The van der Waals surface area contributed by atoms with Gasteiger partial charge in [0.25, 0.3) is 5.91 Å². The number of alkyl halides is 3. The zero-order valence-corrected chi connectivity index (χ0v) is 15.9. The van der Waals surface area contributed by atoms with Crippen LogP contribution in [-0.2, 0) is 15.8 Å². The van der Waals surface area contributed by atoms with Crippen LogP contribution in [0.15, 0.2) is 29.4 Å². The van der Waals surface area contributed by atoms with Gasteiger partial charge >= 0.3 is 6.18 Å². The van der Waals surface area contributed by atoms with Crippen LogP contribution in [0.25, 0.3) is 0 Å². The van der Waals surface area contributed by atoms with E-state index in [0.717, 1.165) is 37.6 Å². The highest BCUT2D eigenvalue weighted by Gasteiger charge is 2.50. The van der Waals surface area contributed by atoms with Crippen molar-refractivity contribution in [3.05, 3.63) is 29.8 Å². The Morgan fingerprint density at radius 2 is 1.93 bits per heavy atom. The van der Waals surface area contributed by atoms with Crippen LogP contribution in [0.2, 0.25) is 0 Å². The fourth-order valence-corrected chi connectivity index (χ4v) is 4.55. The van der Waals surface area contributed by atoms with Gasteiger partial charge in [0, 0.05) is 0 Å². The minimum Gasteiger partial charge on any atom is -0.325 e. The molecule has 29 heavy (non-hydrogen) atoms. The van der Waals surface area contributed by atoms with Crippen molar-refractivity contribution < 1.29 is 22.8 Å². The van der Waals surface area contributed by atoms with E-state index in [9.17, 15) is 22.8 Å². The second-order valence-electron chi connectivity index (χ2n) is 7.57. The van der Waals surface area contributed by atoms with Crippen LogP contribution < -0.4 is 10.7 Å². The summed E-state index contributed by atoms with van der Waals surface area (Å²) in [7, 11) is 0. The first-order valence-corrected chi connectivity index (χ1v) is 9.62. The number of para-hydroxylation sites is 1. The molecule has 2 fully saturated rings. The molecule has 4 rings (SSSR count). The Labute approximate surface area is 165 Å². The van der Waals surface area contributed by atoms with E-state index in [4.69, 9.17) is 0 Å². The topological polar surface area (TPSA) is 77.0 Å². The van der Waals surface area contributed by atoms with Gasteiger partial charge in [0.2, 0.25) is 5.91 Å². The molecule has 3 aliphatic rings. The van der Waals surface area contributed by atoms with Crippen molar-refractivity contribution in [2.45, 2.75) is 57.0 Å². The zero-order valence-electron chi connectivity index (χ0n) is 15.9. The standard InChI is InChI=1S/C19H22F3N5O2/c1-11-24-25-17-18(29)26(14-8-4-5-9-15(14)27(11)17)10-16(28)23-13-7-3-2-6-12(13)19(20,21)22/h2-3,6-7,14-15,17,25H,4-5,8-10H2,1H3,(H,23,28). The molecule has 0 aromatic heterocycles. The molecule has 1 aliphatic carbocycles. The van der Waals surface area contributed by atoms with E-state index in [1.54, 1.807) is 0 Å². The smallest absolute Gasteiger partial charge is 0.325 e. The monoisotopic (exact) mass is 409 g/mol. The molecule has 1 aromatic carbocycles. The second-order valence-corrected chi connectivity index (χ2v) is 7.57. The van der Waals surface area contributed by atoms with E-state index < -0.39 is 23.8 Å². The minimum absolute atomic E-state index is 0.0421. The highest BCUT2D eigenvalue weighted by atomic mass is 19.4. The van der Waals surface area contributed by atoms with Gasteiger partial charge in [0.15, 0.2) is 6.17 Å². The van der Waals surface area contributed by atoms with E-state index in [2.05, 4.69) is 15.8 Å². The number of anilines is 1. The van der Waals surface area contributed by atoms with Crippen LogP contribution in [0.1, 0.15) is 38.2 Å². The summed E-state index contributed by atoms with van der Waals surface area (Å²) in [5.74, 6) is -0.195. The first-order chi connectivity index (χ1) is 13.8. The molecule has 2 amide bonds. The van der Waals surface area contributed by atoms with Crippen LogP contribution in [0.4, 0.5) is 18.9 Å².